The third-order valence-corrected chi connectivity index (χ3v) is 5.92. The largest absolute Gasteiger partial charge is 0.489 e. The fourth-order valence-electron chi connectivity index (χ4n) is 3.86. The molecule has 8 nitrogen and oxygen atoms in total. The van der Waals surface area contributed by atoms with Crippen molar-refractivity contribution in [2.24, 2.45) is 0 Å². The first-order valence-corrected chi connectivity index (χ1v) is 10.1. The number of ether oxygens (including phenoxy) is 2. The molecule has 1 fully saturated rings. The van der Waals surface area contributed by atoms with E-state index in [1.54, 1.807) is 24.3 Å². The Bertz CT molecular complexity index is 909. The molecule has 0 aliphatic carbocycles. The Labute approximate surface area is 178 Å². The molecule has 30 heavy (non-hydrogen) atoms. The van der Waals surface area contributed by atoms with E-state index in [-0.39, 0.29) is 0 Å². The molecule has 0 amide bonds. The highest BCUT2D eigenvalue weighted by atomic mass is 35.5. The standard InChI is InChI=1S/C21H24ClNO7/c22-14-3-2-12(21-20(27)19(26)18(25)17(10-24)30-21)9-13(14)7-11-1-4-16-15(8-11)23(28)5-6-29-16/h1-4,8-9,17-21,24-28H,5-7,10H2/t17-,18-,19+,20-,21+/m1/s1. The predicted octanol–water partition coefficient (Wildman–Crippen LogP) is 1.03. The van der Waals surface area contributed by atoms with Gasteiger partial charge >= 0.3 is 0 Å². The molecule has 2 aromatic rings. The van der Waals surface area contributed by atoms with Crippen LogP contribution in [0.25, 0.3) is 0 Å². The minimum Gasteiger partial charge on any atom is -0.489 e. The molecule has 2 aromatic carbocycles. The van der Waals surface area contributed by atoms with Crippen LogP contribution in [-0.4, -0.2) is 69.8 Å². The highest BCUT2D eigenvalue weighted by molar-refractivity contribution is 6.31. The lowest BCUT2D eigenvalue weighted by Gasteiger charge is -2.40. The first kappa shape index (κ1) is 21.3. The molecule has 0 unspecified atom stereocenters. The van der Waals surface area contributed by atoms with Crippen LogP contribution in [0.1, 0.15) is 22.8 Å². The minimum absolute atomic E-state index is 0.379. The van der Waals surface area contributed by atoms with Crippen LogP contribution in [0, 0.1) is 0 Å². The number of aliphatic hydroxyl groups is 4. The minimum atomic E-state index is -1.45. The van der Waals surface area contributed by atoms with Gasteiger partial charge in [-0.1, -0.05) is 29.8 Å². The molecular weight excluding hydrogens is 414 g/mol. The van der Waals surface area contributed by atoms with E-state index in [1.165, 1.54) is 0 Å². The Balaban J connectivity index is 1.60. The number of hydrogen-bond acceptors (Lipinski definition) is 8. The topological polar surface area (TPSA) is 123 Å². The third kappa shape index (κ3) is 4.00. The maximum absolute atomic E-state index is 10.4. The number of benzene rings is 2. The molecular formula is C21H24ClNO7. The zero-order valence-corrected chi connectivity index (χ0v) is 16.8. The number of rotatable bonds is 4. The summed E-state index contributed by atoms with van der Waals surface area (Å²) < 4.78 is 11.2. The van der Waals surface area contributed by atoms with Gasteiger partial charge in [-0.3, -0.25) is 5.21 Å². The molecule has 162 valence electrons. The maximum Gasteiger partial charge on any atom is 0.145 e. The number of aliphatic hydroxyl groups excluding tert-OH is 4. The summed E-state index contributed by atoms with van der Waals surface area (Å²) in [5, 5.41) is 51.6. The van der Waals surface area contributed by atoms with Crippen LogP contribution in [0.5, 0.6) is 5.75 Å². The molecule has 5 N–H and O–H groups in total. The molecule has 0 saturated carbocycles. The third-order valence-electron chi connectivity index (χ3n) is 5.55. The first-order chi connectivity index (χ1) is 14.4. The summed E-state index contributed by atoms with van der Waals surface area (Å²) in [7, 11) is 0. The summed E-state index contributed by atoms with van der Waals surface area (Å²) in [6.45, 7) is 0.302. The number of hydrogen-bond donors (Lipinski definition) is 5. The van der Waals surface area contributed by atoms with Crippen molar-refractivity contribution in [3.8, 4) is 5.75 Å². The summed E-state index contributed by atoms with van der Waals surface area (Å²) in [5.74, 6) is 0.605. The first-order valence-electron chi connectivity index (χ1n) is 9.70. The number of nitrogens with zero attached hydrogens (tertiary/aromatic N) is 1. The van der Waals surface area contributed by atoms with Gasteiger partial charge in [-0.2, -0.15) is 0 Å². The van der Waals surface area contributed by atoms with Gasteiger partial charge in [0.2, 0.25) is 0 Å². The van der Waals surface area contributed by atoms with Gasteiger partial charge in [-0.25, -0.2) is 5.06 Å². The van der Waals surface area contributed by atoms with E-state index in [0.29, 0.717) is 41.6 Å². The number of halogens is 1. The Hall–Kier alpha value is -1.91. The van der Waals surface area contributed by atoms with Gasteiger partial charge in [0.1, 0.15) is 48.6 Å². The van der Waals surface area contributed by atoms with Crippen molar-refractivity contribution >= 4 is 17.3 Å². The zero-order valence-electron chi connectivity index (χ0n) is 16.1. The molecule has 9 heteroatoms. The van der Waals surface area contributed by atoms with Crippen LogP contribution < -0.4 is 9.80 Å². The van der Waals surface area contributed by atoms with Gasteiger partial charge in [0.05, 0.1) is 13.2 Å². The van der Waals surface area contributed by atoms with E-state index in [9.17, 15) is 25.6 Å². The molecule has 2 aliphatic rings. The lowest BCUT2D eigenvalue weighted by atomic mass is 9.90. The number of fused-ring (bicyclic) bond motifs is 1. The highest BCUT2D eigenvalue weighted by Gasteiger charge is 2.44. The van der Waals surface area contributed by atoms with Gasteiger partial charge < -0.3 is 29.9 Å². The van der Waals surface area contributed by atoms with E-state index < -0.39 is 37.1 Å². The second-order valence-electron chi connectivity index (χ2n) is 7.55. The quantitative estimate of drug-likeness (QED) is 0.480. The summed E-state index contributed by atoms with van der Waals surface area (Å²) in [4.78, 5) is 0. The van der Waals surface area contributed by atoms with E-state index in [4.69, 9.17) is 21.1 Å². The molecule has 5 atom stereocenters. The molecule has 2 aliphatic heterocycles. The summed E-state index contributed by atoms with van der Waals surface area (Å²) >= 11 is 6.38. The highest BCUT2D eigenvalue weighted by Crippen LogP contribution is 2.36. The van der Waals surface area contributed by atoms with Crippen molar-refractivity contribution in [3.05, 3.63) is 58.1 Å². The van der Waals surface area contributed by atoms with Gasteiger partial charge in [-0.15, -0.1) is 0 Å². The molecule has 0 radical (unpaired) electrons. The van der Waals surface area contributed by atoms with Crippen LogP contribution in [0.3, 0.4) is 0 Å². The molecule has 4 rings (SSSR count). The van der Waals surface area contributed by atoms with Crippen LogP contribution in [-0.2, 0) is 11.2 Å². The predicted molar refractivity (Wildman–Crippen MR) is 108 cm³/mol. The van der Waals surface area contributed by atoms with Crippen LogP contribution >= 0.6 is 11.6 Å². The average Bonchev–Trinajstić information content (AvgIpc) is 2.75. The smallest absolute Gasteiger partial charge is 0.145 e. The van der Waals surface area contributed by atoms with Gasteiger partial charge in [0.25, 0.3) is 0 Å². The van der Waals surface area contributed by atoms with Crippen LogP contribution in [0.15, 0.2) is 36.4 Å². The molecule has 2 heterocycles. The Morgan fingerprint density at radius 3 is 2.60 bits per heavy atom. The van der Waals surface area contributed by atoms with Crippen LogP contribution in [0.2, 0.25) is 5.02 Å². The second kappa shape index (κ2) is 8.68. The Morgan fingerprint density at radius 2 is 1.83 bits per heavy atom. The second-order valence-corrected chi connectivity index (χ2v) is 7.96. The van der Waals surface area contributed by atoms with E-state index >= 15 is 0 Å². The van der Waals surface area contributed by atoms with Gasteiger partial charge in [0.15, 0.2) is 0 Å². The van der Waals surface area contributed by atoms with Gasteiger partial charge in [-0.05, 0) is 41.3 Å². The summed E-state index contributed by atoms with van der Waals surface area (Å²) in [6.07, 6.45) is -5.68. The monoisotopic (exact) mass is 437 g/mol. The fraction of sp³-hybridized carbons (Fsp3) is 0.429. The van der Waals surface area contributed by atoms with E-state index in [0.717, 1.165) is 16.2 Å². The lowest BCUT2D eigenvalue weighted by Crippen LogP contribution is -2.55. The normalized spacial score (nSPS) is 28.7. The van der Waals surface area contributed by atoms with Gasteiger partial charge in [0, 0.05) is 5.02 Å². The van der Waals surface area contributed by atoms with Crippen molar-refractivity contribution < 1.29 is 35.1 Å². The average molecular weight is 438 g/mol. The Kier molecular flexibility index (Phi) is 6.17. The Morgan fingerprint density at radius 1 is 1.03 bits per heavy atom. The SMILES string of the molecule is OC[C@H]1O[C@@H](c2ccc(Cl)c(Cc3ccc4c(c3)N(O)CCO4)c2)[C@H](O)[C@@H](O)[C@@H]1O. The van der Waals surface area contributed by atoms with Crippen molar-refractivity contribution in [2.45, 2.75) is 36.9 Å². The van der Waals surface area contributed by atoms with Crippen molar-refractivity contribution in [1.82, 2.24) is 0 Å². The number of anilines is 1. The maximum atomic E-state index is 10.4. The number of hydroxylamine groups is 1. The van der Waals surface area contributed by atoms with E-state index in [1.807, 2.05) is 12.1 Å². The van der Waals surface area contributed by atoms with Crippen molar-refractivity contribution in [1.29, 1.82) is 0 Å². The summed E-state index contributed by atoms with van der Waals surface area (Å²) in [6, 6.07) is 10.6. The molecule has 0 bridgehead atoms. The molecule has 1 saturated heterocycles. The van der Waals surface area contributed by atoms with Crippen molar-refractivity contribution in [3.63, 3.8) is 0 Å². The lowest BCUT2D eigenvalue weighted by molar-refractivity contribution is -0.231. The van der Waals surface area contributed by atoms with Crippen molar-refractivity contribution in [2.75, 3.05) is 24.8 Å². The molecule has 0 aromatic heterocycles. The van der Waals surface area contributed by atoms with Crippen LogP contribution in [0.4, 0.5) is 5.69 Å². The van der Waals surface area contributed by atoms with E-state index in [2.05, 4.69) is 0 Å². The zero-order chi connectivity index (χ0) is 21.4. The fourth-order valence-corrected chi connectivity index (χ4v) is 4.05. The summed E-state index contributed by atoms with van der Waals surface area (Å²) in [5.41, 5.74) is 2.80. The molecule has 0 spiro atoms.